The zero-order valence-corrected chi connectivity index (χ0v) is 14.2. The number of carbonyl (C=O) groups excluding carboxylic acids is 1. The first kappa shape index (κ1) is 17.7. The van der Waals surface area contributed by atoms with E-state index in [1.54, 1.807) is 42.5 Å². The molecule has 0 radical (unpaired) electrons. The molecular weight excluding hydrogens is 302 g/mol. The van der Waals surface area contributed by atoms with Crippen LogP contribution >= 0.6 is 0 Å². The molecule has 0 heterocycles. The molecule has 0 saturated carbocycles. The zero-order valence-electron chi connectivity index (χ0n) is 14.2. The molecule has 0 aliphatic heterocycles. The van der Waals surface area contributed by atoms with E-state index in [4.69, 9.17) is 0 Å². The molecule has 0 fully saturated rings. The monoisotopic (exact) mass is 325 g/mol. The number of rotatable bonds is 6. The number of aromatic carboxylic acids is 1. The number of carbonyl (C=O) groups is 2. The van der Waals surface area contributed by atoms with Crippen molar-refractivity contribution in [3.05, 3.63) is 59.7 Å². The highest BCUT2D eigenvalue weighted by atomic mass is 16.4. The van der Waals surface area contributed by atoms with Crippen LogP contribution in [0.5, 0.6) is 0 Å². The van der Waals surface area contributed by atoms with Gasteiger partial charge in [0.05, 0.1) is 5.56 Å². The summed E-state index contributed by atoms with van der Waals surface area (Å²) in [6.45, 7) is 6.17. The van der Waals surface area contributed by atoms with Crippen LogP contribution in [0, 0.1) is 5.92 Å². The summed E-state index contributed by atoms with van der Waals surface area (Å²) in [4.78, 5) is 24.2. The van der Waals surface area contributed by atoms with Gasteiger partial charge in [-0.3, -0.25) is 4.79 Å². The maximum atomic E-state index is 12.7. The predicted molar refractivity (Wildman–Crippen MR) is 95.2 cm³/mol. The van der Waals surface area contributed by atoms with Crippen molar-refractivity contribution in [2.24, 2.45) is 5.92 Å². The lowest BCUT2D eigenvalue weighted by atomic mass is 9.94. The van der Waals surface area contributed by atoms with E-state index in [1.165, 1.54) is 0 Å². The Kier molecular flexibility index (Phi) is 5.74. The fraction of sp³-hybridized carbons (Fsp3) is 0.300. The van der Waals surface area contributed by atoms with E-state index < -0.39 is 5.97 Å². The summed E-state index contributed by atoms with van der Waals surface area (Å²) in [5, 5.41) is 12.4. The number of hydrogen-bond donors (Lipinski definition) is 2. The Morgan fingerprint density at radius 2 is 1.46 bits per heavy atom. The molecule has 2 atom stereocenters. The molecule has 2 N–H and O–H groups in total. The Bertz CT molecular complexity index is 739. The van der Waals surface area contributed by atoms with Gasteiger partial charge >= 0.3 is 5.97 Å². The van der Waals surface area contributed by atoms with E-state index >= 15 is 0 Å². The average molecular weight is 325 g/mol. The largest absolute Gasteiger partial charge is 0.478 e. The molecule has 0 aliphatic carbocycles. The molecule has 2 aromatic rings. The summed E-state index contributed by atoms with van der Waals surface area (Å²) in [6.07, 6.45) is 0.977. The predicted octanol–water partition coefficient (Wildman–Crippen LogP) is 4.22. The van der Waals surface area contributed by atoms with E-state index in [0.717, 1.165) is 6.42 Å². The van der Waals surface area contributed by atoms with Gasteiger partial charge in [0.15, 0.2) is 0 Å². The van der Waals surface area contributed by atoms with Gasteiger partial charge in [-0.05, 0) is 36.1 Å². The topological polar surface area (TPSA) is 66.4 Å². The highest BCUT2D eigenvalue weighted by Crippen LogP contribution is 2.27. The minimum atomic E-state index is -1.01. The number of carboxylic acid groups (broad SMARTS) is 1. The first-order chi connectivity index (χ1) is 11.5. The second-order valence-corrected chi connectivity index (χ2v) is 6.04. The van der Waals surface area contributed by atoms with Crippen LogP contribution in [0.1, 0.15) is 47.9 Å². The third-order valence-electron chi connectivity index (χ3n) is 4.48. The zero-order chi connectivity index (χ0) is 17.7. The van der Waals surface area contributed by atoms with E-state index in [2.05, 4.69) is 19.2 Å². The van der Waals surface area contributed by atoms with Crippen molar-refractivity contribution in [2.45, 2.75) is 33.2 Å². The van der Waals surface area contributed by atoms with Gasteiger partial charge in [0, 0.05) is 11.6 Å². The van der Waals surface area contributed by atoms with Gasteiger partial charge in [-0.2, -0.15) is 0 Å². The second-order valence-electron chi connectivity index (χ2n) is 6.04. The summed E-state index contributed by atoms with van der Waals surface area (Å²) < 4.78 is 0. The second kappa shape index (κ2) is 7.77. The van der Waals surface area contributed by atoms with Gasteiger partial charge in [0.25, 0.3) is 5.91 Å². The Labute approximate surface area is 142 Å². The van der Waals surface area contributed by atoms with Gasteiger partial charge < -0.3 is 10.4 Å². The normalized spacial score (nSPS) is 13.1. The number of amides is 1. The lowest BCUT2D eigenvalue weighted by Gasteiger charge is -2.21. The molecule has 4 heteroatoms. The number of carboxylic acids is 1. The van der Waals surface area contributed by atoms with Gasteiger partial charge in [0.1, 0.15) is 0 Å². The number of hydrogen-bond acceptors (Lipinski definition) is 2. The molecule has 1 amide bonds. The molecule has 4 nitrogen and oxygen atoms in total. The van der Waals surface area contributed by atoms with Crippen LogP contribution in [0.25, 0.3) is 11.1 Å². The molecule has 0 aromatic heterocycles. The minimum Gasteiger partial charge on any atom is -0.478 e. The highest BCUT2D eigenvalue weighted by Gasteiger charge is 2.19. The SMILES string of the molecule is CCC(C)C(C)NC(=O)c1ccccc1-c1ccccc1C(=O)O. The van der Waals surface area contributed by atoms with Crippen LogP contribution in [-0.4, -0.2) is 23.0 Å². The van der Waals surface area contributed by atoms with Crippen LogP contribution in [0.2, 0.25) is 0 Å². The van der Waals surface area contributed by atoms with Crippen molar-refractivity contribution >= 4 is 11.9 Å². The van der Waals surface area contributed by atoms with Gasteiger partial charge in [-0.15, -0.1) is 0 Å². The van der Waals surface area contributed by atoms with E-state index in [-0.39, 0.29) is 17.5 Å². The Balaban J connectivity index is 2.42. The van der Waals surface area contributed by atoms with Gasteiger partial charge in [0.2, 0.25) is 0 Å². The fourth-order valence-corrected chi connectivity index (χ4v) is 2.60. The summed E-state index contributed by atoms with van der Waals surface area (Å²) in [6, 6.07) is 13.9. The Morgan fingerprint density at radius 1 is 0.958 bits per heavy atom. The third kappa shape index (κ3) is 3.82. The highest BCUT2D eigenvalue weighted by molar-refractivity contribution is 6.04. The maximum absolute atomic E-state index is 12.7. The maximum Gasteiger partial charge on any atom is 0.336 e. The van der Waals surface area contributed by atoms with Gasteiger partial charge in [-0.25, -0.2) is 4.79 Å². The molecule has 2 aromatic carbocycles. The molecule has 0 saturated heterocycles. The standard InChI is InChI=1S/C20H23NO3/c1-4-13(2)14(3)21-19(22)17-11-7-5-9-15(17)16-10-6-8-12-18(16)20(23)24/h5-14H,4H2,1-3H3,(H,21,22)(H,23,24). The first-order valence-corrected chi connectivity index (χ1v) is 8.18. The van der Waals surface area contributed by atoms with Crippen molar-refractivity contribution < 1.29 is 14.7 Å². The molecule has 24 heavy (non-hydrogen) atoms. The average Bonchev–Trinajstić information content (AvgIpc) is 2.60. The van der Waals surface area contributed by atoms with Crippen LogP contribution in [0.15, 0.2) is 48.5 Å². The van der Waals surface area contributed by atoms with Crippen LogP contribution in [0.4, 0.5) is 0 Å². The van der Waals surface area contributed by atoms with Crippen molar-refractivity contribution in [3.8, 4) is 11.1 Å². The first-order valence-electron chi connectivity index (χ1n) is 8.18. The van der Waals surface area contributed by atoms with Crippen LogP contribution < -0.4 is 5.32 Å². The lowest BCUT2D eigenvalue weighted by molar-refractivity contribution is 0.0697. The quantitative estimate of drug-likeness (QED) is 0.836. The summed E-state index contributed by atoms with van der Waals surface area (Å²) in [5.74, 6) is -0.820. The molecule has 0 spiro atoms. The Hall–Kier alpha value is -2.62. The van der Waals surface area contributed by atoms with Crippen molar-refractivity contribution in [1.29, 1.82) is 0 Å². The lowest BCUT2D eigenvalue weighted by Crippen LogP contribution is -2.37. The molecular formula is C20H23NO3. The molecule has 2 unspecified atom stereocenters. The third-order valence-corrected chi connectivity index (χ3v) is 4.48. The minimum absolute atomic E-state index is 0.0465. The summed E-state index contributed by atoms with van der Waals surface area (Å²) in [5.41, 5.74) is 1.85. The molecule has 2 rings (SSSR count). The summed E-state index contributed by atoms with van der Waals surface area (Å²) >= 11 is 0. The van der Waals surface area contributed by atoms with Crippen LogP contribution in [0.3, 0.4) is 0 Å². The molecule has 126 valence electrons. The number of benzene rings is 2. The molecule has 0 bridgehead atoms. The van der Waals surface area contributed by atoms with Crippen LogP contribution in [-0.2, 0) is 0 Å². The number of nitrogens with one attached hydrogen (secondary N) is 1. The molecule has 0 aliphatic rings. The fourth-order valence-electron chi connectivity index (χ4n) is 2.60. The van der Waals surface area contributed by atoms with E-state index in [9.17, 15) is 14.7 Å². The smallest absolute Gasteiger partial charge is 0.336 e. The van der Waals surface area contributed by atoms with Crippen molar-refractivity contribution in [2.75, 3.05) is 0 Å². The summed E-state index contributed by atoms with van der Waals surface area (Å²) in [7, 11) is 0. The van der Waals surface area contributed by atoms with E-state index in [0.29, 0.717) is 22.6 Å². The van der Waals surface area contributed by atoms with Crippen molar-refractivity contribution in [1.82, 2.24) is 5.32 Å². The Morgan fingerprint density at radius 3 is 2.00 bits per heavy atom. The van der Waals surface area contributed by atoms with Crippen molar-refractivity contribution in [3.63, 3.8) is 0 Å². The van der Waals surface area contributed by atoms with E-state index in [1.807, 2.05) is 13.0 Å². The van der Waals surface area contributed by atoms with Gasteiger partial charge in [-0.1, -0.05) is 56.7 Å².